The van der Waals surface area contributed by atoms with Crippen LogP contribution >= 0.6 is 0 Å². The van der Waals surface area contributed by atoms with Crippen LogP contribution in [0.5, 0.6) is 11.5 Å². The molecule has 2 rings (SSSR count). The van der Waals surface area contributed by atoms with Gasteiger partial charge in [0, 0.05) is 30.8 Å². The number of rotatable bonds is 5. The third-order valence-corrected chi connectivity index (χ3v) is 3.23. The monoisotopic (exact) mass is 347 g/mol. The minimum atomic E-state index is -0.841. The predicted octanol–water partition coefficient (Wildman–Crippen LogP) is 2.84. The third kappa shape index (κ3) is 4.41. The van der Waals surface area contributed by atoms with E-state index in [1.54, 1.807) is 0 Å². The van der Waals surface area contributed by atoms with Crippen molar-refractivity contribution < 1.29 is 24.5 Å². The van der Waals surface area contributed by atoms with Gasteiger partial charge in [-0.15, -0.1) is 0 Å². The first-order chi connectivity index (χ1) is 11.8. The summed E-state index contributed by atoms with van der Waals surface area (Å²) in [4.78, 5) is 33.4. The Bertz CT molecular complexity index is 838. The van der Waals surface area contributed by atoms with Gasteiger partial charge in [-0.25, -0.2) is 4.79 Å². The second kappa shape index (κ2) is 7.25. The minimum Gasteiger partial charge on any atom is -0.508 e. The summed E-state index contributed by atoms with van der Waals surface area (Å²) in [7, 11) is 1.36. The van der Waals surface area contributed by atoms with Crippen molar-refractivity contribution in [2.45, 2.75) is 6.54 Å². The van der Waals surface area contributed by atoms with Crippen LogP contribution in [0, 0.1) is 20.2 Å². The lowest BCUT2D eigenvalue weighted by Crippen LogP contribution is -2.29. The molecule has 0 unspecified atom stereocenters. The molecule has 0 aliphatic heterocycles. The maximum Gasteiger partial charge on any atom is 0.415 e. The number of hydrogen-bond donors (Lipinski definition) is 1. The molecule has 0 aromatic heterocycles. The molecule has 1 N–H and O–H groups in total. The van der Waals surface area contributed by atoms with Crippen molar-refractivity contribution in [3.63, 3.8) is 0 Å². The summed E-state index contributed by atoms with van der Waals surface area (Å²) >= 11 is 0. The molecule has 0 heterocycles. The molecule has 0 aliphatic rings. The molecule has 0 aliphatic carbocycles. The molecule has 0 radical (unpaired) electrons. The zero-order chi connectivity index (χ0) is 18.6. The van der Waals surface area contributed by atoms with Gasteiger partial charge in [0.15, 0.2) is 0 Å². The smallest absolute Gasteiger partial charge is 0.415 e. The molecule has 0 saturated carbocycles. The maximum absolute atomic E-state index is 12.0. The molecule has 130 valence electrons. The number of phenols is 1. The van der Waals surface area contributed by atoms with Crippen LogP contribution in [0.4, 0.5) is 16.2 Å². The Balaban J connectivity index is 2.10. The standard InChI is InChI=1S/C15H13N3O7/c1-16(9-10-7-12(18(23)24)5-6-14(10)19)15(20)25-13-4-2-3-11(8-13)17(21)22/h2-8,19H,9H2,1H3. The highest BCUT2D eigenvalue weighted by Crippen LogP contribution is 2.25. The van der Waals surface area contributed by atoms with E-state index in [-0.39, 0.29) is 35.0 Å². The second-order valence-corrected chi connectivity index (χ2v) is 5.05. The van der Waals surface area contributed by atoms with Crippen molar-refractivity contribution in [2.75, 3.05) is 7.05 Å². The molecule has 0 fully saturated rings. The van der Waals surface area contributed by atoms with Crippen molar-refractivity contribution in [1.82, 2.24) is 4.90 Å². The van der Waals surface area contributed by atoms with Crippen LogP contribution in [0.25, 0.3) is 0 Å². The Hall–Kier alpha value is -3.69. The van der Waals surface area contributed by atoms with E-state index in [2.05, 4.69) is 0 Å². The Morgan fingerprint density at radius 2 is 1.76 bits per heavy atom. The highest BCUT2D eigenvalue weighted by molar-refractivity contribution is 5.70. The van der Waals surface area contributed by atoms with Gasteiger partial charge in [-0.05, 0) is 12.1 Å². The highest BCUT2D eigenvalue weighted by atomic mass is 16.6. The van der Waals surface area contributed by atoms with E-state index >= 15 is 0 Å². The number of aromatic hydroxyl groups is 1. The first-order valence-corrected chi connectivity index (χ1v) is 6.91. The number of amides is 1. The van der Waals surface area contributed by atoms with Crippen molar-refractivity contribution in [1.29, 1.82) is 0 Å². The van der Waals surface area contributed by atoms with Gasteiger partial charge >= 0.3 is 6.09 Å². The lowest BCUT2D eigenvalue weighted by Gasteiger charge is -2.17. The summed E-state index contributed by atoms with van der Waals surface area (Å²) in [6.45, 7) is -0.152. The first-order valence-electron chi connectivity index (χ1n) is 6.91. The van der Waals surface area contributed by atoms with Gasteiger partial charge in [0.2, 0.25) is 0 Å². The lowest BCUT2D eigenvalue weighted by atomic mass is 10.1. The average molecular weight is 347 g/mol. The molecule has 10 heteroatoms. The molecule has 2 aromatic carbocycles. The molecule has 10 nitrogen and oxygen atoms in total. The Morgan fingerprint density at radius 3 is 2.40 bits per heavy atom. The van der Waals surface area contributed by atoms with Crippen molar-refractivity contribution >= 4 is 17.5 Å². The van der Waals surface area contributed by atoms with Gasteiger partial charge < -0.3 is 14.7 Å². The SMILES string of the molecule is CN(Cc1cc([N+](=O)[O-])ccc1O)C(=O)Oc1cccc([N+](=O)[O-])c1. The molecule has 2 aromatic rings. The van der Waals surface area contributed by atoms with Gasteiger partial charge in [0.1, 0.15) is 11.5 Å². The van der Waals surface area contributed by atoms with Gasteiger partial charge in [0.25, 0.3) is 11.4 Å². The van der Waals surface area contributed by atoms with Crippen LogP contribution in [-0.4, -0.2) is 33.0 Å². The summed E-state index contributed by atoms with van der Waals surface area (Å²) in [6.07, 6.45) is -0.841. The summed E-state index contributed by atoms with van der Waals surface area (Å²) in [5.41, 5.74) is -0.301. The number of ether oxygens (including phenoxy) is 1. The van der Waals surface area contributed by atoms with Crippen LogP contribution in [0.2, 0.25) is 0 Å². The predicted molar refractivity (Wildman–Crippen MR) is 85.3 cm³/mol. The van der Waals surface area contributed by atoms with E-state index in [0.29, 0.717) is 0 Å². The molecular weight excluding hydrogens is 334 g/mol. The number of nitrogens with zero attached hydrogens (tertiary/aromatic N) is 3. The summed E-state index contributed by atoms with van der Waals surface area (Å²) in [6, 6.07) is 8.54. The molecule has 0 spiro atoms. The molecule has 0 saturated heterocycles. The van der Waals surface area contributed by atoms with Gasteiger partial charge in [-0.1, -0.05) is 6.07 Å². The van der Waals surface area contributed by atoms with E-state index in [9.17, 15) is 30.1 Å². The average Bonchev–Trinajstić information content (AvgIpc) is 2.56. The number of nitro groups is 2. The normalized spacial score (nSPS) is 10.1. The number of carbonyl (C=O) groups excluding carboxylic acids is 1. The molecule has 1 amide bonds. The summed E-state index contributed by atoms with van der Waals surface area (Å²) in [5, 5.41) is 31.2. The number of nitro benzene ring substituents is 2. The van der Waals surface area contributed by atoms with Crippen LogP contribution in [0.1, 0.15) is 5.56 Å². The van der Waals surface area contributed by atoms with Gasteiger partial charge in [-0.2, -0.15) is 0 Å². The van der Waals surface area contributed by atoms with E-state index in [1.165, 1.54) is 25.2 Å². The fourth-order valence-corrected chi connectivity index (χ4v) is 1.97. The molecular formula is C15H13N3O7. The van der Waals surface area contributed by atoms with Gasteiger partial charge in [-0.3, -0.25) is 20.2 Å². The number of carbonyl (C=O) groups is 1. The van der Waals surface area contributed by atoms with Crippen LogP contribution in [0.15, 0.2) is 42.5 Å². The fraction of sp³-hybridized carbons (Fsp3) is 0.133. The quantitative estimate of drug-likeness (QED) is 0.648. The Morgan fingerprint density at radius 1 is 1.12 bits per heavy atom. The zero-order valence-corrected chi connectivity index (χ0v) is 13.0. The summed E-state index contributed by atoms with van der Waals surface area (Å²) < 4.78 is 5.02. The second-order valence-electron chi connectivity index (χ2n) is 5.05. The first kappa shape index (κ1) is 17.7. The topological polar surface area (TPSA) is 136 Å². The van der Waals surface area contributed by atoms with Crippen molar-refractivity contribution in [3.8, 4) is 11.5 Å². The molecule has 0 atom stereocenters. The van der Waals surface area contributed by atoms with Crippen LogP contribution in [-0.2, 0) is 6.54 Å². The maximum atomic E-state index is 12.0. The number of benzene rings is 2. The fourth-order valence-electron chi connectivity index (χ4n) is 1.97. The Kier molecular flexibility index (Phi) is 5.12. The molecule has 0 bridgehead atoms. The largest absolute Gasteiger partial charge is 0.508 e. The van der Waals surface area contributed by atoms with Crippen molar-refractivity contribution in [3.05, 3.63) is 68.3 Å². The van der Waals surface area contributed by atoms with E-state index in [1.807, 2.05) is 0 Å². The van der Waals surface area contributed by atoms with Gasteiger partial charge in [0.05, 0.1) is 22.5 Å². The van der Waals surface area contributed by atoms with E-state index in [4.69, 9.17) is 4.74 Å². The number of non-ortho nitro benzene ring substituents is 2. The number of phenolic OH excluding ortho intramolecular Hbond substituents is 1. The lowest BCUT2D eigenvalue weighted by molar-refractivity contribution is -0.385. The molecule has 25 heavy (non-hydrogen) atoms. The third-order valence-electron chi connectivity index (χ3n) is 3.23. The van der Waals surface area contributed by atoms with E-state index in [0.717, 1.165) is 29.2 Å². The van der Waals surface area contributed by atoms with Crippen molar-refractivity contribution in [2.24, 2.45) is 0 Å². The highest BCUT2D eigenvalue weighted by Gasteiger charge is 2.17. The zero-order valence-electron chi connectivity index (χ0n) is 13.0. The minimum absolute atomic E-state index is 0.0192. The number of hydrogen-bond acceptors (Lipinski definition) is 7. The Labute approximate surface area is 141 Å². The summed E-state index contributed by atoms with van der Waals surface area (Å²) in [5.74, 6) is -0.227. The van der Waals surface area contributed by atoms with Crippen LogP contribution in [0.3, 0.4) is 0 Å². The van der Waals surface area contributed by atoms with Crippen LogP contribution < -0.4 is 4.74 Å². The van der Waals surface area contributed by atoms with E-state index < -0.39 is 15.9 Å².